The second kappa shape index (κ2) is 11.4. The summed E-state index contributed by atoms with van der Waals surface area (Å²) in [5.74, 6) is -0.194. The molecule has 2 atom stereocenters. The van der Waals surface area contributed by atoms with Gasteiger partial charge in [-0.2, -0.15) is 0 Å². The average Bonchev–Trinajstić information content (AvgIpc) is 2.78. The van der Waals surface area contributed by atoms with E-state index >= 15 is 0 Å². The number of carbonyl (C=O) groups excluding carboxylic acids is 1. The molecule has 154 valence electrons. The lowest BCUT2D eigenvalue weighted by Crippen LogP contribution is -2.39. The summed E-state index contributed by atoms with van der Waals surface area (Å²) < 4.78 is 22.9. The van der Waals surface area contributed by atoms with Crippen molar-refractivity contribution in [2.24, 2.45) is 0 Å². The zero-order valence-corrected chi connectivity index (χ0v) is 17.8. The predicted octanol–water partition coefficient (Wildman–Crippen LogP) is 5.23. The summed E-state index contributed by atoms with van der Waals surface area (Å²) in [6.45, 7) is 2.26. The van der Waals surface area contributed by atoms with Crippen LogP contribution >= 0.6 is 8.25 Å². The van der Waals surface area contributed by atoms with Crippen molar-refractivity contribution in [3.63, 3.8) is 0 Å². The third kappa shape index (κ3) is 7.20. The van der Waals surface area contributed by atoms with Gasteiger partial charge in [-0.3, -0.25) is 4.79 Å². The van der Waals surface area contributed by atoms with Gasteiger partial charge in [0, 0.05) is 10.1 Å². The quantitative estimate of drug-likeness (QED) is 0.455. The van der Waals surface area contributed by atoms with Crippen LogP contribution in [0, 0.1) is 6.92 Å². The van der Waals surface area contributed by atoms with Gasteiger partial charge in [-0.25, -0.2) is 0 Å². The maximum Gasteiger partial charge on any atom is 0.697 e. The molecule has 6 heteroatoms. The maximum absolute atomic E-state index is 12.6. The highest BCUT2D eigenvalue weighted by molar-refractivity contribution is 7.33. The number of nitrogens with one attached hydrogen (secondary N) is 1. The molecule has 0 radical (unpaired) electrons. The zero-order chi connectivity index (χ0) is 21.2. The first kappa shape index (κ1) is 21.8. The third-order valence-electron chi connectivity index (χ3n) is 4.53. The molecule has 0 saturated carbocycles. The molecule has 5 nitrogen and oxygen atoms in total. The zero-order valence-electron chi connectivity index (χ0n) is 16.9. The Bertz CT molecular complexity index is 946. The van der Waals surface area contributed by atoms with Crippen molar-refractivity contribution in [1.29, 1.82) is 0 Å². The number of carbonyl (C=O) groups is 1. The van der Waals surface area contributed by atoms with Crippen molar-refractivity contribution in [2.75, 3.05) is 6.61 Å². The first-order valence-electron chi connectivity index (χ1n) is 9.78. The minimum Gasteiger partial charge on any atom is -0.346 e. The van der Waals surface area contributed by atoms with Crippen molar-refractivity contribution in [1.82, 2.24) is 5.32 Å². The molecule has 3 rings (SSSR count). The van der Waals surface area contributed by atoms with Crippen LogP contribution in [-0.4, -0.2) is 18.6 Å². The molecular weight excluding hydrogens is 397 g/mol. The molecule has 2 unspecified atom stereocenters. The standard InChI is InChI=1S/C24H24NO4P/c1-19-12-14-22(15-13-19)24(26)25-23(16-20-8-4-2-5-9-20)18-29-30(27)28-17-21-10-6-3-7-11-21/h2-15,23H,16-18H2,1H3/p+1. The molecule has 0 bridgehead atoms. The summed E-state index contributed by atoms with van der Waals surface area (Å²) >= 11 is 0. The first-order valence-corrected chi connectivity index (χ1v) is 10.9. The fraction of sp³-hybridized carbons (Fsp3) is 0.208. The monoisotopic (exact) mass is 422 g/mol. The lowest BCUT2D eigenvalue weighted by atomic mass is 10.1. The van der Waals surface area contributed by atoms with Gasteiger partial charge in [-0.1, -0.05) is 78.4 Å². The Morgan fingerprint density at radius 2 is 1.47 bits per heavy atom. The summed E-state index contributed by atoms with van der Waals surface area (Å²) in [5.41, 5.74) is 3.63. The molecule has 0 aliphatic carbocycles. The molecule has 30 heavy (non-hydrogen) atoms. The fourth-order valence-electron chi connectivity index (χ4n) is 2.91. The summed E-state index contributed by atoms with van der Waals surface area (Å²) in [6.07, 6.45) is 0.556. The summed E-state index contributed by atoms with van der Waals surface area (Å²) in [5, 5.41) is 2.98. The van der Waals surface area contributed by atoms with Crippen LogP contribution in [-0.2, 0) is 26.6 Å². The smallest absolute Gasteiger partial charge is 0.346 e. The summed E-state index contributed by atoms with van der Waals surface area (Å²) in [6, 6.07) is 26.3. The van der Waals surface area contributed by atoms with E-state index in [4.69, 9.17) is 9.05 Å². The van der Waals surface area contributed by atoms with Gasteiger partial charge >= 0.3 is 8.25 Å². The fourth-order valence-corrected chi connectivity index (χ4v) is 3.54. The lowest BCUT2D eigenvalue weighted by molar-refractivity contribution is 0.0917. The number of hydrogen-bond donors (Lipinski definition) is 1. The molecular formula is C24H25NO4P+. The van der Waals surface area contributed by atoms with Gasteiger partial charge < -0.3 is 5.32 Å². The highest BCUT2D eigenvalue weighted by atomic mass is 31.1. The van der Waals surface area contributed by atoms with Crippen LogP contribution in [0.5, 0.6) is 0 Å². The largest absolute Gasteiger partial charge is 0.697 e. The van der Waals surface area contributed by atoms with Gasteiger partial charge in [-0.05, 0) is 36.6 Å². The number of hydrogen-bond acceptors (Lipinski definition) is 4. The summed E-state index contributed by atoms with van der Waals surface area (Å²) in [7, 11) is -2.30. The lowest BCUT2D eigenvalue weighted by Gasteiger charge is -2.16. The van der Waals surface area contributed by atoms with E-state index in [1.165, 1.54) is 0 Å². The molecule has 0 aromatic heterocycles. The minimum atomic E-state index is -2.30. The highest BCUT2D eigenvalue weighted by Crippen LogP contribution is 2.26. The second-order valence-electron chi connectivity index (χ2n) is 7.00. The van der Waals surface area contributed by atoms with Crippen LogP contribution < -0.4 is 5.32 Å². The van der Waals surface area contributed by atoms with Crippen molar-refractivity contribution >= 4 is 14.2 Å². The molecule has 1 N–H and O–H groups in total. The Kier molecular flexibility index (Phi) is 8.28. The van der Waals surface area contributed by atoms with Gasteiger partial charge in [0.15, 0.2) is 0 Å². The highest BCUT2D eigenvalue weighted by Gasteiger charge is 2.25. The Labute approximate surface area is 178 Å². The molecule has 0 spiro atoms. The Morgan fingerprint density at radius 3 is 2.10 bits per heavy atom. The maximum atomic E-state index is 12.6. The average molecular weight is 422 g/mol. The first-order chi connectivity index (χ1) is 14.6. The van der Waals surface area contributed by atoms with E-state index in [1.807, 2.05) is 79.7 Å². The van der Waals surface area contributed by atoms with Crippen LogP contribution in [0.25, 0.3) is 0 Å². The number of benzene rings is 3. The molecule has 3 aromatic rings. The number of rotatable bonds is 10. The molecule has 0 saturated heterocycles. The van der Waals surface area contributed by atoms with E-state index in [0.29, 0.717) is 12.0 Å². The minimum absolute atomic E-state index is 0.0799. The van der Waals surface area contributed by atoms with E-state index in [-0.39, 0.29) is 25.2 Å². The van der Waals surface area contributed by atoms with Crippen LogP contribution in [0.15, 0.2) is 84.9 Å². The molecule has 0 fully saturated rings. The third-order valence-corrected chi connectivity index (χ3v) is 5.23. The molecule has 0 aliphatic rings. The molecule has 0 heterocycles. The van der Waals surface area contributed by atoms with E-state index in [2.05, 4.69) is 5.32 Å². The Morgan fingerprint density at radius 1 is 0.867 bits per heavy atom. The van der Waals surface area contributed by atoms with Gasteiger partial charge in [0.25, 0.3) is 5.91 Å². The van der Waals surface area contributed by atoms with Crippen molar-refractivity contribution < 1.29 is 18.4 Å². The van der Waals surface area contributed by atoms with Gasteiger partial charge in [0.2, 0.25) is 0 Å². The predicted molar refractivity (Wildman–Crippen MR) is 117 cm³/mol. The van der Waals surface area contributed by atoms with E-state index in [1.54, 1.807) is 12.1 Å². The van der Waals surface area contributed by atoms with E-state index in [9.17, 15) is 9.36 Å². The van der Waals surface area contributed by atoms with Crippen molar-refractivity contribution in [3.05, 3.63) is 107 Å². The molecule has 3 aromatic carbocycles. The Hall–Kier alpha value is -2.85. The topological polar surface area (TPSA) is 64.6 Å². The van der Waals surface area contributed by atoms with Gasteiger partial charge in [-0.15, -0.1) is 9.05 Å². The summed E-state index contributed by atoms with van der Waals surface area (Å²) in [4.78, 5) is 12.6. The second-order valence-corrected chi connectivity index (χ2v) is 7.97. The van der Waals surface area contributed by atoms with Crippen LogP contribution in [0.1, 0.15) is 27.0 Å². The van der Waals surface area contributed by atoms with Crippen LogP contribution in [0.3, 0.4) is 0 Å². The van der Waals surface area contributed by atoms with E-state index < -0.39 is 8.25 Å². The number of amides is 1. The van der Waals surface area contributed by atoms with Crippen LogP contribution in [0.2, 0.25) is 0 Å². The van der Waals surface area contributed by atoms with Crippen molar-refractivity contribution in [3.8, 4) is 0 Å². The van der Waals surface area contributed by atoms with Crippen LogP contribution in [0.4, 0.5) is 0 Å². The normalized spacial score (nSPS) is 12.2. The van der Waals surface area contributed by atoms with E-state index in [0.717, 1.165) is 16.7 Å². The number of aryl methyl sites for hydroxylation is 1. The van der Waals surface area contributed by atoms with Gasteiger partial charge in [0.05, 0.1) is 6.04 Å². The Balaban J connectivity index is 1.58. The molecule has 1 amide bonds. The van der Waals surface area contributed by atoms with Gasteiger partial charge in [0.1, 0.15) is 13.2 Å². The SMILES string of the molecule is Cc1ccc(C(=O)NC(CO[P+](=O)OCc2ccccc2)Cc2ccccc2)cc1. The molecule has 0 aliphatic heterocycles. The van der Waals surface area contributed by atoms with Crippen molar-refractivity contribution in [2.45, 2.75) is 26.0 Å².